The van der Waals surface area contributed by atoms with Crippen molar-refractivity contribution in [2.75, 3.05) is 28.8 Å². The molecule has 0 radical (unpaired) electrons. The van der Waals surface area contributed by atoms with Crippen molar-refractivity contribution in [3.05, 3.63) is 83.7 Å². The van der Waals surface area contributed by atoms with Crippen LogP contribution in [-0.4, -0.2) is 28.9 Å². The number of aryl methyl sites for hydroxylation is 1. The minimum atomic E-state index is -0.105. The molecule has 35 heavy (non-hydrogen) atoms. The number of benzene rings is 3. The van der Waals surface area contributed by atoms with Gasteiger partial charge in [-0.05, 0) is 49.5 Å². The van der Waals surface area contributed by atoms with Crippen LogP contribution in [0.25, 0.3) is 11.3 Å². The predicted octanol–water partition coefficient (Wildman–Crippen LogP) is 6.67. The zero-order valence-electron chi connectivity index (χ0n) is 19.2. The lowest BCUT2D eigenvalue weighted by Crippen LogP contribution is -2.19. The number of methoxy groups -OCH3 is 1. The summed E-state index contributed by atoms with van der Waals surface area (Å²) in [5.74, 6) is 0.872. The molecule has 1 amide bonds. The zero-order valence-corrected chi connectivity index (χ0v) is 21.7. The molecule has 0 aliphatic heterocycles. The Morgan fingerprint density at radius 3 is 2.63 bits per heavy atom. The second-order valence-corrected chi connectivity index (χ2v) is 9.86. The summed E-state index contributed by atoms with van der Waals surface area (Å²) in [6.07, 6.45) is 0. The van der Waals surface area contributed by atoms with Gasteiger partial charge in [-0.15, -0.1) is 23.1 Å². The third-order valence-corrected chi connectivity index (χ3v) is 6.87. The standard InChI is InChI=1S/C26H24N4O2S3/c1-17-10-12-18(13-11-17)22-15-35-26(29-22)30-24(31)16-34-20-7-5-6-19(14-20)27-25(33)28-21-8-3-4-9-23(21)32-2/h3-15H,16H2,1-2H3,(H2,27,28,33)(H,29,30,31). The number of rotatable bonds is 8. The minimum absolute atomic E-state index is 0.105. The van der Waals surface area contributed by atoms with Gasteiger partial charge in [-0.2, -0.15) is 0 Å². The van der Waals surface area contributed by atoms with Crippen LogP contribution in [0.1, 0.15) is 5.56 Å². The molecule has 0 aliphatic rings. The second-order valence-electron chi connectivity index (χ2n) is 7.55. The molecule has 6 nitrogen and oxygen atoms in total. The number of carbonyl (C=O) groups excluding carboxylic acids is 1. The summed E-state index contributed by atoms with van der Waals surface area (Å²) in [5, 5.41) is 12.2. The van der Waals surface area contributed by atoms with Gasteiger partial charge in [-0.1, -0.05) is 48.0 Å². The summed E-state index contributed by atoms with van der Waals surface area (Å²) in [5.41, 5.74) is 4.69. The second kappa shape index (κ2) is 11.8. The fourth-order valence-corrected chi connectivity index (χ4v) is 4.91. The number of carbonyl (C=O) groups is 1. The fraction of sp³-hybridized carbons (Fsp3) is 0.115. The molecular formula is C26H24N4O2S3. The van der Waals surface area contributed by atoms with Gasteiger partial charge in [0.15, 0.2) is 10.2 Å². The van der Waals surface area contributed by atoms with E-state index in [9.17, 15) is 4.79 Å². The molecular weight excluding hydrogens is 497 g/mol. The maximum absolute atomic E-state index is 12.5. The van der Waals surface area contributed by atoms with Crippen LogP contribution in [-0.2, 0) is 4.79 Å². The summed E-state index contributed by atoms with van der Waals surface area (Å²) in [6.45, 7) is 2.05. The quantitative estimate of drug-likeness (QED) is 0.177. The average molecular weight is 521 g/mol. The van der Waals surface area contributed by atoms with E-state index < -0.39 is 0 Å². The summed E-state index contributed by atoms with van der Waals surface area (Å²) >= 11 is 8.30. The number of hydrogen-bond acceptors (Lipinski definition) is 6. The van der Waals surface area contributed by atoms with Crippen LogP contribution < -0.4 is 20.7 Å². The molecule has 1 aromatic heterocycles. The Kier molecular flexibility index (Phi) is 8.36. The number of amides is 1. The summed E-state index contributed by atoms with van der Waals surface area (Å²) in [4.78, 5) is 18.0. The van der Waals surface area contributed by atoms with Gasteiger partial charge >= 0.3 is 0 Å². The molecule has 3 N–H and O–H groups in total. The van der Waals surface area contributed by atoms with E-state index in [0.717, 1.165) is 27.5 Å². The van der Waals surface area contributed by atoms with E-state index in [1.165, 1.54) is 28.7 Å². The molecule has 178 valence electrons. The van der Waals surface area contributed by atoms with Crippen molar-refractivity contribution in [1.82, 2.24) is 4.98 Å². The lowest BCUT2D eigenvalue weighted by atomic mass is 10.1. The van der Waals surface area contributed by atoms with Crippen LogP contribution >= 0.6 is 35.3 Å². The van der Waals surface area contributed by atoms with Crippen LogP contribution in [0.3, 0.4) is 0 Å². The molecule has 9 heteroatoms. The van der Waals surface area contributed by atoms with E-state index in [4.69, 9.17) is 17.0 Å². The molecule has 0 atom stereocenters. The first-order chi connectivity index (χ1) is 17.0. The fourth-order valence-electron chi connectivity index (χ4n) is 3.19. The third kappa shape index (κ3) is 7.05. The maximum atomic E-state index is 12.5. The molecule has 0 saturated carbocycles. The van der Waals surface area contributed by atoms with Crippen molar-refractivity contribution in [3.8, 4) is 17.0 Å². The van der Waals surface area contributed by atoms with Crippen molar-refractivity contribution < 1.29 is 9.53 Å². The molecule has 4 rings (SSSR count). The first-order valence-electron chi connectivity index (χ1n) is 10.8. The van der Waals surface area contributed by atoms with Crippen LogP contribution in [0.5, 0.6) is 5.75 Å². The lowest BCUT2D eigenvalue weighted by Gasteiger charge is -2.13. The van der Waals surface area contributed by atoms with Crippen molar-refractivity contribution in [2.24, 2.45) is 0 Å². The van der Waals surface area contributed by atoms with Gasteiger partial charge in [0.2, 0.25) is 5.91 Å². The van der Waals surface area contributed by atoms with Crippen molar-refractivity contribution in [3.63, 3.8) is 0 Å². The van der Waals surface area contributed by atoms with E-state index in [1.807, 2.05) is 85.1 Å². The average Bonchev–Trinajstić information content (AvgIpc) is 3.32. The van der Waals surface area contributed by atoms with E-state index in [2.05, 4.69) is 20.9 Å². The summed E-state index contributed by atoms with van der Waals surface area (Å²) in [7, 11) is 1.62. The Labute approximate surface area is 218 Å². The number of aromatic nitrogens is 1. The number of anilines is 3. The van der Waals surface area contributed by atoms with Crippen molar-refractivity contribution >= 4 is 62.8 Å². The van der Waals surface area contributed by atoms with E-state index >= 15 is 0 Å². The van der Waals surface area contributed by atoms with Crippen molar-refractivity contribution in [1.29, 1.82) is 0 Å². The van der Waals surface area contributed by atoms with Gasteiger partial charge in [0.1, 0.15) is 5.75 Å². The van der Waals surface area contributed by atoms with Gasteiger partial charge < -0.3 is 20.7 Å². The Morgan fingerprint density at radius 2 is 1.83 bits per heavy atom. The molecule has 0 spiro atoms. The number of nitrogens with one attached hydrogen (secondary N) is 3. The van der Waals surface area contributed by atoms with Gasteiger partial charge in [0.05, 0.1) is 24.2 Å². The van der Waals surface area contributed by atoms with Gasteiger partial charge in [-0.25, -0.2) is 4.98 Å². The smallest absolute Gasteiger partial charge is 0.236 e. The highest BCUT2D eigenvalue weighted by atomic mass is 32.2. The van der Waals surface area contributed by atoms with Crippen LogP contribution in [0.4, 0.5) is 16.5 Å². The van der Waals surface area contributed by atoms with Gasteiger partial charge in [0.25, 0.3) is 0 Å². The van der Waals surface area contributed by atoms with Crippen molar-refractivity contribution in [2.45, 2.75) is 11.8 Å². The topological polar surface area (TPSA) is 75.3 Å². The maximum Gasteiger partial charge on any atom is 0.236 e. The van der Waals surface area contributed by atoms with Gasteiger partial charge in [-0.3, -0.25) is 4.79 Å². The molecule has 0 unspecified atom stereocenters. The number of nitrogens with zero attached hydrogens (tertiary/aromatic N) is 1. The Balaban J connectivity index is 1.29. The predicted molar refractivity (Wildman–Crippen MR) is 151 cm³/mol. The molecule has 0 fully saturated rings. The Morgan fingerprint density at radius 1 is 1.03 bits per heavy atom. The number of thiocarbonyl (C=S) groups is 1. The monoisotopic (exact) mass is 520 g/mol. The molecule has 0 saturated heterocycles. The normalized spacial score (nSPS) is 10.5. The number of thiazole rings is 1. The first kappa shape index (κ1) is 24.7. The first-order valence-corrected chi connectivity index (χ1v) is 13.0. The van der Waals surface area contributed by atoms with E-state index in [-0.39, 0.29) is 11.7 Å². The highest BCUT2D eigenvalue weighted by Gasteiger charge is 2.10. The molecule has 0 bridgehead atoms. The number of para-hydroxylation sites is 2. The van der Waals surface area contributed by atoms with Crippen LogP contribution in [0.2, 0.25) is 0 Å². The molecule has 3 aromatic carbocycles. The number of thioether (sulfide) groups is 1. The molecule has 1 heterocycles. The molecule has 4 aromatic rings. The highest BCUT2D eigenvalue weighted by molar-refractivity contribution is 8.00. The third-order valence-electron chi connectivity index (χ3n) is 4.91. The number of ether oxygens (including phenoxy) is 1. The largest absolute Gasteiger partial charge is 0.495 e. The number of hydrogen-bond donors (Lipinski definition) is 3. The summed E-state index contributed by atoms with van der Waals surface area (Å²) < 4.78 is 5.35. The minimum Gasteiger partial charge on any atom is -0.495 e. The summed E-state index contributed by atoms with van der Waals surface area (Å²) in [6, 6.07) is 23.5. The zero-order chi connectivity index (χ0) is 24.6. The van der Waals surface area contributed by atoms with Gasteiger partial charge in [0, 0.05) is 21.5 Å². The lowest BCUT2D eigenvalue weighted by molar-refractivity contribution is -0.113. The van der Waals surface area contributed by atoms with E-state index in [1.54, 1.807) is 7.11 Å². The van der Waals surface area contributed by atoms with Crippen LogP contribution in [0, 0.1) is 6.92 Å². The Bertz CT molecular complexity index is 1320. The highest BCUT2D eigenvalue weighted by Crippen LogP contribution is 2.27. The van der Waals surface area contributed by atoms with E-state index in [0.29, 0.717) is 16.0 Å². The SMILES string of the molecule is COc1ccccc1NC(=S)Nc1cccc(SCC(=O)Nc2nc(-c3ccc(C)cc3)cs2)c1. The Hall–Kier alpha value is -3.40. The van der Waals surface area contributed by atoms with Crippen LogP contribution in [0.15, 0.2) is 83.1 Å². The molecule has 0 aliphatic carbocycles.